The van der Waals surface area contributed by atoms with Crippen LogP contribution in [0.4, 0.5) is 0 Å². The lowest BCUT2D eigenvalue weighted by molar-refractivity contribution is 0.427. The maximum absolute atomic E-state index is 5.27. The minimum Gasteiger partial charge on any atom is -0.356 e. The van der Waals surface area contributed by atoms with Crippen LogP contribution in [0.5, 0.6) is 0 Å². The molecule has 0 aliphatic rings. The third kappa shape index (κ3) is 1.55. The molecule has 2 aromatic rings. The Morgan fingerprint density at radius 1 is 1.29 bits per heavy atom. The molecular weight excluding hydrogens is 194 g/mol. The van der Waals surface area contributed by atoms with Crippen molar-refractivity contribution in [3.05, 3.63) is 41.6 Å². The molecule has 1 aromatic carbocycles. The fourth-order valence-electron chi connectivity index (χ4n) is 1.39. The molecule has 1 heterocycles. The van der Waals surface area contributed by atoms with Crippen molar-refractivity contribution in [2.24, 2.45) is 0 Å². The minimum atomic E-state index is 0.652. The molecule has 0 spiro atoms. The van der Waals surface area contributed by atoms with Crippen LogP contribution < -0.4 is 0 Å². The minimum absolute atomic E-state index is 0.652. The van der Waals surface area contributed by atoms with Gasteiger partial charge in [-0.1, -0.05) is 35.5 Å². The molecule has 0 amide bonds. The van der Waals surface area contributed by atoms with Gasteiger partial charge >= 0.3 is 0 Å². The highest BCUT2D eigenvalue weighted by Crippen LogP contribution is 2.26. The molecule has 3 heteroatoms. The number of thiol groups is 1. The van der Waals surface area contributed by atoms with Gasteiger partial charge in [0.25, 0.3) is 0 Å². The predicted octanol–water partition coefficient (Wildman–Crippen LogP) is 3.08. The average Bonchev–Trinajstić information content (AvgIpc) is 2.61. The molecule has 2 rings (SSSR count). The van der Waals surface area contributed by atoms with Gasteiger partial charge in [-0.3, -0.25) is 0 Å². The lowest BCUT2D eigenvalue weighted by Gasteiger charge is -1.97. The number of hydrogen-bond donors (Lipinski definition) is 1. The van der Waals surface area contributed by atoms with Crippen LogP contribution in [0.15, 0.2) is 34.9 Å². The van der Waals surface area contributed by atoms with Crippen LogP contribution in [0, 0.1) is 6.92 Å². The van der Waals surface area contributed by atoms with E-state index in [1.165, 1.54) is 0 Å². The third-order valence-electron chi connectivity index (χ3n) is 2.18. The van der Waals surface area contributed by atoms with E-state index in [9.17, 15) is 0 Å². The molecule has 0 saturated carbocycles. The summed E-state index contributed by atoms with van der Waals surface area (Å²) < 4.78 is 5.27. The first-order valence-electron chi connectivity index (χ1n) is 4.44. The number of rotatable bonds is 2. The Kier molecular flexibility index (Phi) is 2.59. The lowest BCUT2D eigenvalue weighted by Crippen LogP contribution is -1.82. The smallest absolute Gasteiger partial charge is 0.171 e. The van der Waals surface area contributed by atoms with E-state index in [0.717, 1.165) is 22.6 Å². The fraction of sp³-hybridized carbons (Fsp3) is 0.182. The van der Waals surface area contributed by atoms with Crippen molar-refractivity contribution in [2.75, 3.05) is 0 Å². The number of hydrogen-bond acceptors (Lipinski definition) is 3. The summed E-state index contributed by atoms with van der Waals surface area (Å²) in [4.78, 5) is 0. The highest BCUT2D eigenvalue weighted by atomic mass is 32.1. The zero-order valence-corrected chi connectivity index (χ0v) is 8.79. The van der Waals surface area contributed by atoms with Crippen molar-refractivity contribution < 1.29 is 4.52 Å². The highest BCUT2D eigenvalue weighted by Gasteiger charge is 2.12. The molecule has 0 fully saturated rings. The van der Waals surface area contributed by atoms with Gasteiger partial charge in [-0.05, 0) is 6.92 Å². The summed E-state index contributed by atoms with van der Waals surface area (Å²) in [6.07, 6.45) is 0. The van der Waals surface area contributed by atoms with Gasteiger partial charge in [0, 0.05) is 16.9 Å². The van der Waals surface area contributed by atoms with Gasteiger partial charge in [0.05, 0.1) is 5.69 Å². The van der Waals surface area contributed by atoms with E-state index < -0.39 is 0 Å². The molecule has 0 atom stereocenters. The van der Waals surface area contributed by atoms with E-state index >= 15 is 0 Å². The quantitative estimate of drug-likeness (QED) is 0.762. The van der Waals surface area contributed by atoms with Gasteiger partial charge in [-0.2, -0.15) is 12.6 Å². The Morgan fingerprint density at radius 3 is 2.64 bits per heavy atom. The first-order chi connectivity index (χ1) is 6.83. The molecule has 14 heavy (non-hydrogen) atoms. The van der Waals surface area contributed by atoms with Crippen molar-refractivity contribution in [1.82, 2.24) is 5.16 Å². The Bertz CT molecular complexity index is 422. The lowest BCUT2D eigenvalue weighted by atomic mass is 10.1. The topological polar surface area (TPSA) is 26.0 Å². The second-order valence-electron chi connectivity index (χ2n) is 3.10. The summed E-state index contributed by atoms with van der Waals surface area (Å²) in [5.74, 6) is 1.48. The maximum Gasteiger partial charge on any atom is 0.171 e. The van der Waals surface area contributed by atoms with E-state index in [2.05, 4.69) is 17.8 Å². The standard InChI is InChI=1S/C11H11NOS/c1-8-10(7-14)11(13-12-8)9-5-3-2-4-6-9/h2-6,14H,7H2,1H3. The van der Waals surface area contributed by atoms with Crippen molar-refractivity contribution in [3.8, 4) is 11.3 Å². The first-order valence-corrected chi connectivity index (χ1v) is 5.07. The second kappa shape index (κ2) is 3.88. The third-order valence-corrected chi connectivity index (χ3v) is 2.50. The number of aromatic nitrogens is 1. The molecule has 72 valence electrons. The molecular formula is C11H11NOS. The van der Waals surface area contributed by atoms with E-state index in [-0.39, 0.29) is 0 Å². The molecule has 0 saturated heterocycles. The number of benzene rings is 1. The maximum atomic E-state index is 5.27. The van der Waals surface area contributed by atoms with E-state index in [0.29, 0.717) is 5.75 Å². The van der Waals surface area contributed by atoms with Gasteiger partial charge < -0.3 is 4.52 Å². The molecule has 0 N–H and O–H groups in total. The molecule has 0 bridgehead atoms. The summed E-state index contributed by atoms with van der Waals surface area (Å²) in [6.45, 7) is 1.93. The van der Waals surface area contributed by atoms with Crippen LogP contribution in [-0.4, -0.2) is 5.16 Å². The Labute approximate surface area is 88.3 Å². The van der Waals surface area contributed by atoms with Gasteiger partial charge in [0.1, 0.15) is 0 Å². The highest BCUT2D eigenvalue weighted by molar-refractivity contribution is 7.79. The Balaban J connectivity index is 2.52. The summed E-state index contributed by atoms with van der Waals surface area (Å²) in [5.41, 5.74) is 3.04. The van der Waals surface area contributed by atoms with Crippen LogP contribution in [0.1, 0.15) is 11.3 Å². The summed E-state index contributed by atoms with van der Waals surface area (Å²) in [7, 11) is 0. The summed E-state index contributed by atoms with van der Waals surface area (Å²) in [5, 5.41) is 3.94. The largest absolute Gasteiger partial charge is 0.356 e. The van der Waals surface area contributed by atoms with Gasteiger partial charge in [-0.25, -0.2) is 0 Å². The van der Waals surface area contributed by atoms with Crippen LogP contribution in [0.3, 0.4) is 0 Å². The van der Waals surface area contributed by atoms with Crippen LogP contribution in [0.2, 0.25) is 0 Å². The Morgan fingerprint density at radius 2 is 2.00 bits per heavy atom. The normalized spacial score (nSPS) is 10.4. The van der Waals surface area contributed by atoms with Crippen molar-refractivity contribution >= 4 is 12.6 Å². The van der Waals surface area contributed by atoms with Gasteiger partial charge in [0.15, 0.2) is 5.76 Å². The molecule has 1 aromatic heterocycles. The monoisotopic (exact) mass is 205 g/mol. The number of nitrogens with zero attached hydrogens (tertiary/aromatic N) is 1. The first kappa shape index (κ1) is 9.34. The van der Waals surface area contributed by atoms with Crippen molar-refractivity contribution in [1.29, 1.82) is 0 Å². The molecule has 0 unspecified atom stereocenters. The Hall–Kier alpha value is -1.22. The van der Waals surface area contributed by atoms with E-state index in [1.54, 1.807) is 0 Å². The van der Waals surface area contributed by atoms with Gasteiger partial charge in [-0.15, -0.1) is 0 Å². The summed E-state index contributed by atoms with van der Waals surface area (Å²) >= 11 is 4.27. The molecule has 2 nitrogen and oxygen atoms in total. The predicted molar refractivity (Wildman–Crippen MR) is 59.4 cm³/mol. The van der Waals surface area contributed by atoms with Crippen LogP contribution >= 0.6 is 12.6 Å². The molecule has 0 aliphatic carbocycles. The number of aryl methyl sites for hydroxylation is 1. The molecule has 0 aliphatic heterocycles. The second-order valence-corrected chi connectivity index (χ2v) is 3.42. The van der Waals surface area contributed by atoms with Crippen LogP contribution in [0.25, 0.3) is 11.3 Å². The zero-order valence-electron chi connectivity index (χ0n) is 7.90. The van der Waals surface area contributed by atoms with Gasteiger partial charge in [0.2, 0.25) is 0 Å². The fourth-order valence-corrected chi connectivity index (χ4v) is 1.76. The van der Waals surface area contributed by atoms with E-state index in [4.69, 9.17) is 4.52 Å². The SMILES string of the molecule is Cc1noc(-c2ccccc2)c1CS. The van der Waals surface area contributed by atoms with Crippen molar-refractivity contribution in [3.63, 3.8) is 0 Å². The average molecular weight is 205 g/mol. The van der Waals surface area contributed by atoms with E-state index in [1.807, 2.05) is 37.3 Å². The van der Waals surface area contributed by atoms with Crippen molar-refractivity contribution in [2.45, 2.75) is 12.7 Å². The summed E-state index contributed by atoms with van der Waals surface area (Å²) in [6, 6.07) is 9.96. The molecule has 0 radical (unpaired) electrons. The zero-order chi connectivity index (χ0) is 9.97. The van der Waals surface area contributed by atoms with Crippen LogP contribution in [-0.2, 0) is 5.75 Å².